The number of nitrogens with zero attached hydrogens (tertiary/aromatic N) is 6. The van der Waals surface area contributed by atoms with E-state index in [1.54, 1.807) is 17.8 Å². The van der Waals surface area contributed by atoms with Gasteiger partial charge in [-0.05, 0) is 44.7 Å². The lowest BCUT2D eigenvalue weighted by Gasteiger charge is -2.35. The first-order valence-corrected chi connectivity index (χ1v) is 11.6. The molecule has 5 rings (SSSR count). The molecule has 3 aromatic rings. The summed E-state index contributed by atoms with van der Waals surface area (Å²) in [5.74, 6) is 0.533. The van der Waals surface area contributed by atoms with Gasteiger partial charge in [-0.2, -0.15) is 15.5 Å². The number of hydrogen-bond donors (Lipinski definition) is 1. The maximum Gasteiger partial charge on any atom is 0.243 e. The van der Waals surface area contributed by atoms with Gasteiger partial charge in [0.05, 0.1) is 31.1 Å². The maximum atomic E-state index is 11.7. The second-order valence-corrected chi connectivity index (χ2v) is 9.33. The van der Waals surface area contributed by atoms with Gasteiger partial charge in [0.25, 0.3) is 0 Å². The summed E-state index contributed by atoms with van der Waals surface area (Å²) in [4.78, 5) is 14.2. The second kappa shape index (κ2) is 8.61. The number of amides is 1. The van der Waals surface area contributed by atoms with E-state index < -0.39 is 0 Å². The average Bonchev–Trinajstić information content (AvgIpc) is 3.28. The van der Waals surface area contributed by atoms with Crippen LogP contribution in [0.2, 0.25) is 0 Å². The van der Waals surface area contributed by atoms with E-state index in [1.165, 1.54) is 6.08 Å². The van der Waals surface area contributed by atoms with E-state index in [9.17, 15) is 10.1 Å². The summed E-state index contributed by atoms with van der Waals surface area (Å²) in [6.45, 7) is 8.52. The maximum absolute atomic E-state index is 11.7. The molecular formula is C25H29N7O2. The van der Waals surface area contributed by atoms with Crippen LogP contribution in [0.1, 0.15) is 43.0 Å². The number of methoxy groups -OCH3 is 1. The van der Waals surface area contributed by atoms with Gasteiger partial charge in [0, 0.05) is 42.7 Å². The standard InChI is InChI=1S/C25H29N7O2/c1-4-23(33)29-25(7-8-25)16-30-9-5-20(6-10-30)32-17(2)21(14-28-32)18-11-22(34-3)24-19(12-26)13-27-31(24)15-18/h4,11,13-15,20H,1,5-10,16H2,2-3H3,(H,29,33). The van der Waals surface area contributed by atoms with Gasteiger partial charge < -0.3 is 15.0 Å². The molecule has 0 unspecified atom stereocenters. The van der Waals surface area contributed by atoms with Crippen LogP contribution in [0.25, 0.3) is 16.6 Å². The normalized spacial score (nSPS) is 17.9. The first-order valence-electron chi connectivity index (χ1n) is 11.6. The van der Waals surface area contributed by atoms with Crippen LogP contribution in [-0.4, -0.2) is 62.5 Å². The van der Waals surface area contributed by atoms with E-state index in [0.717, 1.165) is 62.1 Å². The van der Waals surface area contributed by atoms with Crippen molar-refractivity contribution in [3.8, 4) is 22.9 Å². The van der Waals surface area contributed by atoms with Gasteiger partial charge in [0.2, 0.25) is 5.91 Å². The quantitative estimate of drug-likeness (QED) is 0.546. The fourth-order valence-electron chi connectivity index (χ4n) is 5.08. The number of nitrogens with one attached hydrogen (secondary N) is 1. The molecule has 4 heterocycles. The van der Waals surface area contributed by atoms with Gasteiger partial charge in [-0.3, -0.25) is 9.48 Å². The number of carbonyl (C=O) groups excluding carboxylic acids is 1. The molecule has 1 saturated carbocycles. The lowest BCUT2D eigenvalue weighted by atomic mass is 10.0. The van der Waals surface area contributed by atoms with Crippen LogP contribution in [0, 0.1) is 18.3 Å². The molecule has 0 radical (unpaired) electrons. The van der Waals surface area contributed by atoms with Crippen molar-refractivity contribution in [2.45, 2.75) is 44.2 Å². The first kappa shape index (κ1) is 22.2. The predicted octanol–water partition coefficient (Wildman–Crippen LogP) is 2.86. The Morgan fingerprint density at radius 3 is 2.76 bits per heavy atom. The lowest BCUT2D eigenvalue weighted by molar-refractivity contribution is -0.117. The summed E-state index contributed by atoms with van der Waals surface area (Å²) in [6, 6.07) is 4.45. The Bertz CT molecular complexity index is 1290. The minimum Gasteiger partial charge on any atom is -0.494 e. The number of aromatic nitrogens is 4. The summed E-state index contributed by atoms with van der Waals surface area (Å²) in [7, 11) is 1.60. The lowest BCUT2D eigenvalue weighted by Crippen LogP contribution is -2.47. The fraction of sp³-hybridized carbons (Fsp3) is 0.440. The van der Waals surface area contributed by atoms with Crippen molar-refractivity contribution in [3.63, 3.8) is 0 Å². The molecule has 1 N–H and O–H groups in total. The number of fused-ring (bicyclic) bond motifs is 1. The van der Waals surface area contributed by atoms with Gasteiger partial charge in [0.15, 0.2) is 0 Å². The Balaban J connectivity index is 1.30. The van der Waals surface area contributed by atoms with Crippen LogP contribution < -0.4 is 10.1 Å². The van der Waals surface area contributed by atoms with E-state index in [0.29, 0.717) is 22.9 Å². The van der Waals surface area contributed by atoms with Crippen molar-refractivity contribution < 1.29 is 9.53 Å². The number of piperidine rings is 1. The van der Waals surface area contributed by atoms with Crippen LogP contribution in [0.5, 0.6) is 5.75 Å². The number of carbonyl (C=O) groups is 1. The molecule has 176 valence electrons. The second-order valence-electron chi connectivity index (χ2n) is 9.33. The predicted molar refractivity (Wildman–Crippen MR) is 127 cm³/mol. The molecule has 3 aromatic heterocycles. The van der Waals surface area contributed by atoms with E-state index in [1.807, 2.05) is 18.5 Å². The van der Waals surface area contributed by atoms with Gasteiger partial charge in [-0.25, -0.2) is 4.52 Å². The molecule has 9 nitrogen and oxygen atoms in total. The molecule has 9 heteroatoms. The van der Waals surface area contributed by atoms with Crippen LogP contribution in [0.4, 0.5) is 0 Å². The zero-order chi connectivity index (χ0) is 23.9. The SMILES string of the molecule is C=CC(=O)NC1(CN2CCC(n3ncc(-c4cc(OC)c5c(C#N)cnn5c4)c3C)CC2)CC1. The first-order chi connectivity index (χ1) is 16.5. The molecule has 0 bridgehead atoms. The Kier molecular flexibility index (Phi) is 5.62. The average molecular weight is 460 g/mol. The third kappa shape index (κ3) is 3.94. The Morgan fingerprint density at radius 2 is 2.12 bits per heavy atom. The van der Waals surface area contributed by atoms with Gasteiger partial charge >= 0.3 is 0 Å². The molecule has 0 spiro atoms. The minimum atomic E-state index is -0.0825. The Morgan fingerprint density at radius 1 is 1.35 bits per heavy atom. The van der Waals surface area contributed by atoms with E-state index >= 15 is 0 Å². The number of likely N-dealkylation sites (tertiary alicyclic amines) is 1. The minimum absolute atomic E-state index is 0.0670. The third-order valence-electron chi connectivity index (χ3n) is 7.13. The molecule has 2 aliphatic rings. The zero-order valence-corrected chi connectivity index (χ0v) is 19.6. The van der Waals surface area contributed by atoms with Gasteiger partial charge in [-0.15, -0.1) is 0 Å². The Labute approximate surface area is 198 Å². The van der Waals surface area contributed by atoms with Crippen LogP contribution >= 0.6 is 0 Å². The monoisotopic (exact) mass is 459 g/mol. The van der Waals surface area contributed by atoms with Crippen molar-refractivity contribution in [3.05, 3.63) is 48.6 Å². The van der Waals surface area contributed by atoms with Crippen molar-refractivity contribution >= 4 is 11.4 Å². The largest absolute Gasteiger partial charge is 0.494 e. The number of hydrogen-bond acceptors (Lipinski definition) is 6. The molecule has 34 heavy (non-hydrogen) atoms. The van der Waals surface area contributed by atoms with Crippen molar-refractivity contribution in [2.75, 3.05) is 26.7 Å². The van der Waals surface area contributed by atoms with Crippen molar-refractivity contribution in [2.24, 2.45) is 0 Å². The molecule has 1 aliphatic carbocycles. The number of pyridine rings is 1. The van der Waals surface area contributed by atoms with E-state index in [-0.39, 0.29) is 11.4 Å². The highest BCUT2D eigenvalue weighted by Gasteiger charge is 2.45. The summed E-state index contributed by atoms with van der Waals surface area (Å²) in [5, 5.41) is 21.5. The third-order valence-corrected chi connectivity index (χ3v) is 7.13. The Hall–Kier alpha value is -3.64. The summed E-state index contributed by atoms with van der Waals surface area (Å²) >= 11 is 0. The smallest absolute Gasteiger partial charge is 0.243 e. The molecule has 2 fully saturated rings. The number of nitriles is 1. The summed E-state index contributed by atoms with van der Waals surface area (Å²) < 4.78 is 9.40. The van der Waals surface area contributed by atoms with Crippen molar-refractivity contribution in [1.29, 1.82) is 5.26 Å². The van der Waals surface area contributed by atoms with Gasteiger partial charge in [0.1, 0.15) is 22.9 Å². The molecule has 0 aromatic carbocycles. The van der Waals surface area contributed by atoms with Crippen LogP contribution in [-0.2, 0) is 4.79 Å². The zero-order valence-electron chi connectivity index (χ0n) is 19.6. The molecular weight excluding hydrogens is 430 g/mol. The summed E-state index contributed by atoms with van der Waals surface area (Å²) in [6.07, 6.45) is 10.8. The van der Waals surface area contributed by atoms with Gasteiger partial charge in [-0.1, -0.05) is 6.58 Å². The van der Waals surface area contributed by atoms with Crippen LogP contribution in [0.15, 0.2) is 37.3 Å². The highest BCUT2D eigenvalue weighted by molar-refractivity contribution is 5.87. The van der Waals surface area contributed by atoms with E-state index in [2.05, 4.69) is 39.6 Å². The molecule has 1 amide bonds. The number of ether oxygens (including phenoxy) is 1. The molecule has 1 aliphatic heterocycles. The molecule has 0 atom stereocenters. The van der Waals surface area contributed by atoms with Crippen molar-refractivity contribution in [1.82, 2.24) is 29.6 Å². The fourth-order valence-corrected chi connectivity index (χ4v) is 5.08. The summed E-state index contributed by atoms with van der Waals surface area (Å²) in [5.41, 5.74) is 4.17. The topological polar surface area (TPSA) is 100 Å². The highest BCUT2D eigenvalue weighted by atomic mass is 16.5. The van der Waals surface area contributed by atoms with E-state index in [4.69, 9.17) is 9.84 Å². The highest BCUT2D eigenvalue weighted by Crippen LogP contribution is 2.38. The number of rotatable bonds is 7. The molecule has 1 saturated heterocycles. The van der Waals surface area contributed by atoms with Crippen LogP contribution in [0.3, 0.4) is 0 Å².